The SMILES string of the molecule is Cc1cc(C(=O)Nc2ccc(Cl)cc2)nc(NC(C)(C)C)n1. The maximum atomic E-state index is 12.3. The van der Waals surface area contributed by atoms with Crippen LogP contribution in [0, 0.1) is 6.92 Å². The van der Waals surface area contributed by atoms with Crippen LogP contribution in [0.3, 0.4) is 0 Å². The van der Waals surface area contributed by atoms with Crippen molar-refractivity contribution in [3.8, 4) is 0 Å². The minimum atomic E-state index is -0.287. The van der Waals surface area contributed by atoms with Crippen molar-refractivity contribution in [2.75, 3.05) is 10.6 Å². The molecule has 0 aliphatic heterocycles. The number of aryl methyl sites for hydroxylation is 1. The molecule has 2 N–H and O–H groups in total. The topological polar surface area (TPSA) is 66.9 Å². The first-order valence-electron chi connectivity index (χ1n) is 6.94. The number of rotatable bonds is 3. The van der Waals surface area contributed by atoms with Crippen LogP contribution in [0.1, 0.15) is 37.0 Å². The van der Waals surface area contributed by atoms with Gasteiger partial charge in [-0.15, -0.1) is 0 Å². The lowest BCUT2D eigenvalue weighted by Gasteiger charge is -2.20. The molecule has 2 aromatic rings. The molecule has 2 rings (SSSR count). The van der Waals surface area contributed by atoms with E-state index in [9.17, 15) is 4.79 Å². The van der Waals surface area contributed by atoms with E-state index in [-0.39, 0.29) is 11.4 Å². The van der Waals surface area contributed by atoms with Gasteiger partial charge in [0.15, 0.2) is 0 Å². The van der Waals surface area contributed by atoms with Gasteiger partial charge in [0, 0.05) is 21.9 Å². The van der Waals surface area contributed by atoms with Gasteiger partial charge in [0.25, 0.3) is 5.91 Å². The highest BCUT2D eigenvalue weighted by Gasteiger charge is 2.15. The number of nitrogens with one attached hydrogen (secondary N) is 2. The number of aromatic nitrogens is 2. The number of anilines is 2. The molecular formula is C16H19ClN4O. The van der Waals surface area contributed by atoms with Crippen molar-refractivity contribution in [2.24, 2.45) is 0 Å². The number of carbonyl (C=O) groups excluding carboxylic acids is 1. The van der Waals surface area contributed by atoms with Crippen molar-refractivity contribution in [3.05, 3.63) is 46.7 Å². The van der Waals surface area contributed by atoms with Crippen LogP contribution in [0.4, 0.5) is 11.6 Å². The summed E-state index contributed by atoms with van der Waals surface area (Å²) in [6, 6.07) is 8.56. The van der Waals surface area contributed by atoms with E-state index in [2.05, 4.69) is 20.6 Å². The van der Waals surface area contributed by atoms with Crippen molar-refractivity contribution in [1.82, 2.24) is 9.97 Å². The lowest BCUT2D eigenvalue weighted by atomic mass is 10.1. The van der Waals surface area contributed by atoms with Crippen molar-refractivity contribution >= 4 is 29.1 Å². The minimum Gasteiger partial charge on any atom is -0.350 e. The molecule has 0 radical (unpaired) electrons. The van der Waals surface area contributed by atoms with E-state index in [0.29, 0.717) is 22.4 Å². The zero-order valence-corrected chi connectivity index (χ0v) is 13.8. The molecule has 0 atom stereocenters. The Morgan fingerprint density at radius 1 is 1.14 bits per heavy atom. The number of carbonyl (C=O) groups is 1. The summed E-state index contributed by atoms with van der Waals surface area (Å²) in [5.74, 6) is 0.151. The van der Waals surface area contributed by atoms with E-state index in [4.69, 9.17) is 11.6 Å². The molecule has 1 heterocycles. The molecule has 0 fully saturated rings. The number of hydrogen-bond donors (Lipinski definition) is 2. The third-order valence-electron chi connectivity index (χ3n) is 2.68. The maximum absolute atomic E-state index is 12.3. The summed E-state index contributed by atoms with van der Waals surface area (Å²) < 4.78 is 0. The molecule has 0 aliphatic rings. The van der Waals surface area contributed by atoms with Crippen LogP contribution >= 0.6 is 11.6 Å². The summed E-state index contributed by atoms with van der Waals surface area (Å²) in [5, 5.41) is 6.57. The Morgan fingerprint density at radius 3 is 2.36 bits per heavy atom. The number of nitrogens with zero attached hydrogens (tertiary/aromatic N) is 2. The van der Waals surface area contributed by atoms with E-state index in [1.807, 2.05) is 27.7 Å². The molecule has 0 saturated carbocycles. The zero-order chi connectivity index (χ0) is 16.3. The Bertz CT molecular complexity index is 678. The first-order valence-corrected chi connectivity index (χ1v) is 7.31. The molecule has 0 unspecified atom stereocenters. The van der Waals surface area contributed by atoms with Crippen molar-refractivity contribution in [2.45, 2.75) is 33.2 Å². The smallest absolute Gasteiger partial charge is 0.274 e. The highest BCUT2D eigenvalue weighted by molar-refractivity contribution is 6.30. The summed E-state index contributed by atoms with van der Waals surface area (Å²) >= 11 is 5.83. The highest BCUT2D eigenvalue weighted by atomic mass is 35.5. The second-order valence-electron chi connectivity index (χ2n) is 6.05. The Morgan fingerprint density at radius 2 is 1.77 bits per heavy atom. The lowest BCUT2D eigenvalue weighted by molar-refractivity contribution is 0.102. The quantitative estimate of drug-likeness (QED) is 0.900. The van der Waals surface area contributed by atoms with Crippen molar-refractivity contribution in [3.63, 3.8) is 0 Å². The molecule has 1 aromatic carbocycles. The van der Waals surface area contributed by atoms with Gasteiger partial charge in [0.05, 0.1) is 0 Å². The van der Waals surface area contributed by atoms with Crippen LogP contribution in [0.5, 0.6) is 0 Å². The third-order valence-corrected chi connectivity index (χ3v) is 2.93. The van der Waals surface area contributed by atoms with Crippen LogP contribution in [0.25, 0.3) is 0 Å². The van der Waals surface area contributed by atoms with Gasteiger partial charge >= 0.3 is 0 Å². The summed E-state index contributed by atoms with van der Waals surface area (Å²) in [4.78, 5) is 20.9. The molecule has 0 spiro atoms. The van der Waals surface area contributed by atoms with Crippen LogP contribution in [-0.2, 0) is 0 Å². The monoisotopic (exact) mass is 318 g/mol. The Balaban J connectivity index is 2.20. The molecule has 0 bridgehead atoms. The average molecular weight is 319 g/mol. The number of amides is 1. The van der Waals surface area contributed by atoms with E-state index < -0.39 is 0 Å². The van der Waals surface area contributed by atoms with E-state index in [1.165, 1.54) is 0 Å². The van der Waals surface area contributed by atoms with E-state index in [1.54, 1.807) is 30.3 Å². The molecule has 1 aromatic heterocycles. The van der Waals surface area contributed by atoms with Crippen molar-refractivity contribution < 1.29 is 4.79 Å². The second-order valence-corrected chi connectivity index (χ2v) is 6.49. The third kappa shape index (κ3) is 4.70. The van der Waals surface area contributed by atoms with Gasteiger partial charge in [0.2, 0.25) is 5.95 Å². The van der Waals surface area contributed by atoms with Crippen molar-refractivity contribution in [1.29, 1.82) is 0 Å². The van der Waals surface area contributed by atoms with Gasteiger partial charge in [-0.05, 0) is 58.0 Å². The molecule has 5 nitrogen and oxygen atoms in total. The fourth-order valence-corrected chi connectivity index (χ4v) is 1.93. The molecule has 0 saturated heterocycles. The molecule has 1 amide bonds. The largest absolute Gasteiger partial charge is 0.350 e. The summed E-state index contributed by atoms with van der Waals surface area (Å²) in [6.07, 6.45) is 0. The van der Waals surface area contributed by atoms with E-state index in [0.717, 1.165) is 5.69 Å². The second kappa shape index (κ2) is 6.32. The molecule has 22 heavy (non-hydrogen) atoms. The normalized spacial score (nSPS) is 11.1. The van der Waals surface area contributed by atoms with Gasteiger partial charge in [-0.1, -0.05) is 11.6 Å². The fraction of sp³-hybridized carbons (Fsp3) is 0.312. The Hall–Kier alpha value is -2.14. The first kappa shape index (κ1) is 16.2. The van der Waals surface area contributed by atoms with Gasteiger partial charge in [-0.2, -0.15) is 0 Å². The molecule has 116 valence electrons. The van der Waals surface area contributed by atoms with Gasteiger partial charge in [-0.3, -0.25) is 4.79 Å². The summed E-state index contributed by atoms with van der Waals surface area (Å²) in [7, 11) is 0. The maximum Gasteiger partial charge on any atom is 0.274 e. The number of hydrogen-bond acceptors (Lipinski definition) is 4. The van der Waals surface area contributed by atoms with Gasteiger partial charge < -0.3 is 10.6 Å². The van der Waals surface area contributed by atoms with E-state index >= 15 is 0 Å². The lowest BCUT2D eigenvalue weighted by Crippen LogP contribution is -2.28. The molecular weight excluding hydrogens is 300 g/mol. The van der Waals surface area contributed by atoms with Crippen LogP contribution in [-0.4, -0.2) is 21.4 Å². The standard InChI is InChI=1S/C16H19ClN4O/c1-10-9-13(20-15(18-10)21-16(2,3)4)14(22)19-12-7-5-11(17)6-8-12/h5-9H,1-4H3,(H,19,22)(H,18,20,21). The predicted octanol–water partition coefficient (Wildman–Crippen LogP) is 3.90. The summed E-state index contributed by atoms with van der Waals surface area (Å²) in [5.41, 5.74) is 1.52. The number of halogens is 1. The molecule has 0 aliphatic carbocycles. The first-order chi connectivity index (χ1) is 10.2. The van der Waals surface area contributed by atoms with Gasteiger partial charge in [0.1, 0.15) is 5.69 Å². The minimum absolute atomic E-state index is 0.183. The number of benzene rings is 1. The predicted molar refractivity (Wildman–Crippen MR) is 89.5 cm³/mol. The Kier molecular flexibility index (Phi) is 4.66. The molecule has 6 heteroatoms. The van der Waals surface area contributed by atoms with Gasteiger partial charge in [-0.25, -0.2) is 9.97 Å². The summed E-state index contributed by atoms with van der Waals surface area (Å²) in [6.45, 7) is 7.85. The van der Waals surface area contributed by atoms with Crippen LogP contribution < -0.4 is 10.6 Å². The highest BCUT2D eigenvalue weighted by Crippen LogP contribution is 2.15. The van der Waals surface area contributed by atoms with Crippen LogP contribution in [0.15, 0.2) is 30.3 Å². The zero-order valence-electron chi connectivity index (χ0n) is 13.1. The average Bonchev–Trinajstić information content (AvgIpc) is 2.38. The van der Waals surface area contributed by atoms with Crippen LogP contribution in [0.2, 0.25) is 5.02 Å². The fourth-order valence-electron chi connectivity index (χ4n) is 1.80. The Labute approximate surface area is 135 Å².